The highest BCUT2D eigenvalue weighted by atomic mass is 32.2. The van der Waals surface area contributed by atoms with Crippen LogP contribution in [-0.4, -0.2) is 25.2 Å². The summed E-state index contributed by atoms with van der Waals surface area (Å²) in [5.74, 6) is 2.08. The Hall–Kier alpha value is -2.94. The number of tetrazole rings is 1. The zero-order valence-electron chi connectivity index (χ0n) is 12.9. The van der Waals surface area contributed by atoms with Crippen LogP contribution in [0.15, 0.2) is 62.8 Å². The predicted octanol–water partition coefficient (Wildman–Crippen LogP) is 3.40. The maximum absolute atomic E-state index is 13.0. The maximum Gasteiger partial charge on any atom is 0.210 e. The topological polar surface area (TPSA) is 82.8 Å². The van der Waals surface area contributed by atoms with E-state index in [9.17, 15) is 4.39 Å². The first kappa shape index (κ1) is 15.6. The van der Waals surface area contributed by atoms with Crippen molar-refractivity contribution in [3.05, 3.63) is 66.3 Å². The summed E-state index contributed by atoms with van der Waals surface area (Å²) in [5.41, 5.74) is 0.771. The zero-order valence-corrected chi connectivity index (χ0v) is 13.7. The van der Waals surface area contributed by atoms with Crippen LogP contribution in [0, 0.1) is 5.82 Å². The van der Waals surface area contributed by atoms with Gasteiger partial charge in [-0.25, -0.2) is 14.1 Å². The molecule has 25 heavy (non-hydrogen) atoms. The van der Waals surface area contributed by atoms with Gasteiger partial charge in [0.25, 0.3) is 0 Å². The number of oxazole rings is 1. The first-order valence-corrected chi connectivity index (χ1v) is 8.38. The minimum atomic E-state index is -0.289. The van der Waals surface area contributed by atoms with E-state index < -0.39 is 0 Å². The molecule has 0 bridgehead atoms. The van der Waals surface area contributed by atoms with Crippen LogP contribution in [0.3, 0.4) is 0 Å². The fourth-order valence-corrected chi connectivity index (χ4v) is 2.93. The number of nitrogens with zero attached hydrogens (tertiary/aromatic N) is 5. The number of furan rings is 1. The second-order valence-electron chi connectivity index (χ2n) is 5.11. The molecular formula is C16H12FN5O2S. The lowest BCUT2D eigenvalue weighted by atomic mass is 10.2. The van der Waals surface area contributed by atoms with Crippen molar-refractivity contribution in [3.63, 3.8) is 0 Å². The van der Waals surface area contributed by atoms with Crippen molar-refractivity contribution in [2.45, 2.75) is 17.5 Å². The van der Waals surface area contributed by atoms with Crippen molar-refractivity contribution in [2.75, 3.05) is 0 Å². The summed E-state index contributed by atoms with van der Waals surface area (Å²) in [5, 5.41) is 12.3. The molecule has 4 aromatic rings. The number of hydrogen-bond donors (Lipinski definition) is 0. The van der Waals surface area contributed by atoms with E-state index in [1.807, 2.05) is 12.1 Å². The molecule has 0 atom stereocenters. The lowest BCUT2D eigenvalue weighted by Crippen LogP contribution is -2.03. The van der Waals surface area contributed by atoms with Gasteiger partial charge in [-0.2, -0.15) is 0 Å². The summed E-state index contributed by atoms with van der Waals surface area (Å²) in [6.45, 7) is 0.453. The van der Waals surface area contributed by atoms with Crippen LogP contribution in [0.2, 0.25) is 0 Å². The van der Waals surface area contributed by atoms with Gasteiger partial charge in [0.15, 0.2) is 5.76 Å². The third-order valence-corrected chi connectivity index (χ3v) is 4.33. The molecule has 7 nitrogen and oxygen atoms in total. The molecule has 0 N–H and O–H groups in total. The molecule has 0 aliphatic rings. The van der Waals surface area contributed by atoms with Gasteiger partial charge in [0.1, 0.15) is 18.1 Å². The highest BCUT2D eigenvalue weighted by Gasteiger charge is 2.12. The normalized spacial score (nSPS) is 11.1. The summed E-state index contributed by atoms with van der Waals surface area (Å²) in [6, 6.07) is 9.74. The Labute approximate surface area is 145 Å². The number of halogens is 1. The van der Waals surface area contributed by atoms with Crippen molar-refractivity contribution in [1.82, 2.24) is 25.2 Å². The molecule has 0 radical (unpaired) electrons. The molecule has 0 saturated carbocycles. The van der Waals surface area contributed by atoms with Crippen LogP contribution in [0.1, 0.15) is 11.7 Å². The fourth-order valence-electron chi connectivity index (χ4n) is 2.20. The smallest absolute Gasteiger partial charge is 0.210 e. The highest BCUT2D eigenvalue weighted by Crippen LogP contribution is 2.25. The van der Waals surface area contributed by atoms with Crippen LogP contribution >= 0.6 is 11.8 Å². The molecule has 0 aliphatic carbocycles. The van der Waals surface area contributed by atoms with Crippen molar-refractivity contribution in [3.8, 4) is 11.3 Å². The quantitative estimate of drug-likeness (QED) is 0.489. The third-order valence-electron chi connectivity index (χ3n) is 3.39. The standard InChI is InChI=1S/C16H12FN5O2S/c17-12-5-3-11(4-6-12)14-8-18-15(24-14)10-25-16-19-20-21-22(16)9-13-2-1-7-23-13/h1-8H,9-10H2. The molecule has 1 aromatic carbocycles. The van der Waals surface area contributed by atoms with Gasteiger partial charge < -0.3 is 8.83 Å². The average molecular weight is 357 g/mol. The van der Waals surface area contributed by atoms with Crippen molar-refractivity contribution < 1.29 is 13.2 Å². The van der Waals surface area contributed by atoms with Gasteiger partial charge in [-0.05, 0) is 46.8 Å². The minimum absolute atomic E-state index is 0.289. The molecule has 3 heterocycles. The SMILES string of the molecule is Fc1ccc(-c2cnc(CSc3nnnn3Cc3ccco3)o2)cc1. The second kappa shape index (κ2) is 6.89. The summed E-state index contributed by atoms with van der Waals surface area (Å²) >= 11 is 1.41. The van der Waals surface area contributed by atoms with Crippen LogP contribution in [0.5, 0.6) is 0 Å². The number of hydrogen-bond acceptors (Lipinski definition) is 7. The zero-order chi connectivity index (χ0) is 17.1. The van der Waals surface area contributed by atoms with E-state index in [4.69, 9.17) is 8.83 Å². The fraction of sp³-hybridized carbons (Fsp3) is 0.125. The first-order chi connectivity index (χ1) is 12.3. The monoisotopic (exact) mass is 357 g/mol. The van der Waals surface area contributed by atoms with Gasteiger partial charge in [-0.3, -0.25) is 0 Å². The van der Waals surface area contributed by atoms with E-state index in [0.717, 1.165) is 11.3 Å². The summed E-state index contributed by atoms with van der Waals surface area (Å²) in [6.07, 6.45) is 3.23. The average Bonchev–Trinajstić information content (AvgIpc) is 3.36. The Morgan fingerprint density at radius 3 is 2.84 bits per heavy atom. The molecule has 0 saturated heterocycles. The molecule has 0 unspecified atom stereocenters. The number of aromatic nitrogens is 5. The minimum Gasteiger partial charge on any atom is -0.467 e. The van der Waals surface area contributed by atoms with Gasteiger partial charge in [0.05, 0.1) is 18.2 Å². The Balaban J connectivity index is 1.42. The molecular weight excluding hydrogens is 345 g/mol. The highest BCUT2D eigenvalue weighted by molar-refractivity contribution is 7.98. The molecule has 3 aromatic heterocycles. The van der Waals surface area contributed by atoms with Gasteiger partial charge in [0.2, 0.25) is 11.0 Å². The number of rotatable bonds is 6. The molecule has 0 amide bonds. The Morgan fingerprint density at radius 2 is 2.04 bits per heavy atom. The Morgan fingerprint density at radius 1 is 1.16 bits per heavy atom. The molecule has 126 valence electrons. The van der Waals surface area contributed by atoms with Crippen molar-refractivity contribution in [2.24, 2.45) is 0 Å². The van der Waals surface area contributed by atoms with Gasteiger partial charge >= 0.3 is 0 Å². The van der Waals surface area contributed by atoms with E-state index >= 15 is 0 Å². The molecule has 0 spiro atoms. The third kappa shape index (κ3) is 3.61. The van der Waals surface area contributed by atoms with E-state index in [1.54, 1.807) is 29.3 Å². The lowest BCUT2D eigenvalue weighted by Gasteiger charge is -2.01. The molecule has 0 fully saturated rings. The van der Waals surface area contributed by atoms with Gasteiger partial charge in [-0.1, -0.05) is 11.8 Å². The van der Waals surface area contributed by atoms with E-state index in [0.29, 0.717) is 29.1 Å². The lowest BCUT2D eigenvalue weighted by molar-refractivity contribution is 0.462. The Bertz CT molecular complexity index is 949. The molecule has 4 rings (SSSR count). The van der Waals surface area contributed by atoms with Gasteiger partial charge in [-0.15, -0.1) is 5.10 Å². The summed E-state index contributed by atoms with van der Waals surface area (Å²) in [7, 11) is 0. The Kier molecular flexibility index (Phi) is 4.30. The number of benzene rings is 1. The van der Waals surface area contributed by atoms with E-state index in [-0.39, 0.29) is 5.82 Å². The molecule has 0 aliphatic heterocycles. The number of thioether (sulfide) groups is 1. The van der Waals surface area contributed by atoms with Crippen LogP contribution in [0.25, 0.3) is 11.3 Å². The van der Waals surface area contributed by atoms with E-state index in [1.165, 1.54) is 23.9 Å². The van der Waals surface area contributed by atoms with Crippen LogP contribution < -0.4 is 0 Å². The van der Waals surface area contributed by atoms with Crippen molar-refractivity contribution in [1.29, 1.82) is 0 Å². The first-order valence-electron chi connectivity index (χ1n) is 7.40. The van der Waals surface area contributed by atoms with E-state index in [2.05, 4.69) is 20.5 Å². The summed E-state index contributed by atoms with van der Waals surface area (Å²) < 4.78 is 25.6. The van der Waals surface area contributed by atoms with Gasteiger partial charge in [0, 0.05) is 5.56 Å². The maximum atomic E-state index is 13.0. The second-order valence-corrected chi connectivity index (χ2v) is 6.05. The largest absolute Gasteiger partial charge is 0.467 e. The predicted molar refractivity (Wildman–Crippen MR) is 87.1 cm³/mol. The molecule has 9 heteroatoms. The van der Waals surface area contributed by atoms with Crippen LogP contribution in [-0.2, 0) is 12.3 Å². The van der Waals surface area contributed by atoms with Crippen LogP contribution in [0.4, 0.5) is 4.39 Å². The summed E-state index contributed by atoms with van der Waals surface area (Å²) in [4.78, 5) is 4.24. The van der Waals surface area contributed by atoms with Crippen molar-refractivity contribution >= 4 is 11.8 Å².